The first-order valence-electron chi connectivity index (χ1n) is 6.70. The zero-order valence-corrected chi connectivity index (χ0v) is 11.2. The molecule has 1 fully saturated rings. The summed E-state index contributed by atoms with van der Waals surface area (Å²) in [4.78, 5) is 16.3. The van der Waals surface area contributed by atoms with Crippen LogP contribution in [0.4, 0.5) is 0 Å². The number of aliphatic hydroxyl groups is 1. The number of carbonyl (C=O) groups is 1. The normalized spacial score (nSPS) is 16.7. The smallest absolute Gasteiger partial charge is 0.222 e. The Hall–Kier alpha value is -0.610. The van der Waals surface area contributed by atoms with Crippen LogP contribution < -0.4 is 0 Å². The number of nitrogens with zero attached hydrogens (tertiary/aromatic N) is 2. The van der Waals surface area contributed by atoms with Crippen LogP contribution in [0.1, 0.15) is 38.5 Å². The first kappa shape index (κ1) is 14.5. The van der Waals surface area contributed by atoms with E-state index in [2.05, 4.69) is 4.90 Å². The van der Waals surface area contributed by atoms with Crippen LogP contribution in [0.5, 0.6) is 0 Å². The number of hydrogen-bond acceptors (Lipinski definition) is 3. The lowest BCUT2D eigenvalue weighted by molar-refractivity contribution is -0.133. The van der Waals surface area contributed by atoms with Crippen molar-refractivity contribution in [1.29, 1.82) is 0 Å². The molecule has 1 saturated carbocycles. The first-order valence-corrected chi connectivity index (χ1v) is 6.70. The molecule has 0 aliphatic heterocycles. The minimum atomic E-state index is 0.109. The van der Waals surface area contributed by atoms with E-state index in [1.807, 2.05) is 19.0 Å². The molecule has 1 aliphatic rings. The van der Waals surface area contributed by atoms with Crippen molar-refractivity contribution < 1.29 is 9.90 Å². The van der Waals surface area contributed by atoms with Crippen molar-refractivity contribution in [1.82, 2.24) is 9.80 Å². The number of likely N-dealkylation sites (N-methyl/N-ethyl adjacent to an activating group) is 1. The highest BCUT2D eigenvalue weighted by molar-refractivity contribution is 5.76. The van der Waals surface area contributed by atoms with Gasteiger partial charge in [-0.05, 0) is 33.4 Å². The molecule has 1 N–H and O–H groups in total. The minimum absolute atomic E-state index is 0.109. The molecule has 0 aromatic heterocycles. The van der Waals surface area contributed by atoms with Gasteiger partial charge < -0.3 is 14.9 Å². The van der Waals surface area contributed by atoms with E-state index in [9.17, 15) is 4.79 Å². The summed E-state index contributed by atoms with van der Waals surface area (Å²) < 4.78 is 0. The Morgan fingerprint density at radius 2 is 1.88 bits per heavy atom. The van der Waals surface area contributed by atoms with Gasteiger partial charge in [-0.2, -0.15) is 0 Å². The second kappa shape index (κ2) is 7.67. The molecule has 0 atom stereocenters. The zero-order valence-electron chi connectivity index (χ0n) is 11.2. The molecule has 1 amide bonds. The van der Waals surface area contributed by atoms with E-state index in [0.29, 0.717) is 18.9 Å². The zero-order chi connectivity index (χ0) is 12.7. The van der Waals surface area contributed by atoms with E-state index < -0.39 is 0 Å². The number of carbonyl (C=O) groups excluding carboxylic acids is 1. The van der Waals surface area contributed by atoms with E-state index in [0.717, 1.165) is 25.9 Å². The van der Waals surface area contributed by atoms with Gasteiger partial charge in [0.15, 0.2) is 0 Å². The lowest BCUT2D eigenvalue weighted by atomic mass is 10.1. The van der Waals surface area contributed by atoms with Crippen LogP contribution in [0, 0.1) is 0 Å². The highest BCUT2D eigenvalue weighted by Crippen LogP contribution is 2.24. The quantitative estimate of drug-likeness (QED) is 0.727. The summed E-state index contributed by atoms with van der Waals surface area (Å²) in [6.07, 6.45) is 5.87. The van der Waals surface area contributed by atoms with Crippen molar-refractivity contribution in [2.24, 2.45) is 0 Å². The minimum Gasteiger partial charge on any atom is -0.396 e. The standard InChI is InChI=1S/C13H26N2O2/c1-14(2)9-10-15(12-6-3-4-7-12)13(17)8-5-11-16/h12,16H,3-11H2,1-2H3. The Morgan fingerprint density at radius 3 is 2.41 bits per heavy atom. The monoisotopic (exact) mass is 242 g/mol. The lowest BCUT2D eigenvalue weighted by Crippen LogP contribution is -2.42. The van der Waals surface area contributed by atoms with Gasteiger partial charge in [-0.25, -0.2) is 0 Å². The van der Waals surface area contributed by atoms with Crippen molar-refractivity contribution in [2.45, 2.75) is 44.6 Å². The lowest BCUT2D eigenvalue weighted by Gasteiger charge is -2.30. The van der Waals surface area contributed by atoms with E-state index in [1.54, 1.807) is 0 Å². The molecule has 4 nitrogen and oxygen atoms in total. The average Bonchev–Trinajstić information content (AvgIpc) is 2.79. The van der Waals surface area contributed by atoms with Gasteiger partial charge in [-0.1, -0.05) is 12.8 Å². The molecule has 0 saturated heterocycles. The summed E-state index contributed by atoms with van der Waals surface area (Å²) in [7, 11) is 4.07. The number of amides is 1. The summed E-state index contributed by atoms with van der Waals surface area (Å²) in [6, 6.07) is 0.446. The molecule has 1 rings (SSSR count). The van der Waals surface area contributed by atoms with Crippen LogP contribution in [0.3, 0.4) is 0 Å². The third-order valence-corrected chi connectivity index (χ3v) is 3.42. The predicted molar refractivity (Wildman–Crippen MR) is 68.8 cm³/mol. The first-order chi connectivity index (χ1) is 8.15. The predicted octanol–water partition coefficient (Wildman–Crippen LogP) is 1.09. The summed E-state index contributed by atoms with van der Waals surface area (Å²) in [5.74, 6) is 0.216. The molecule has 0 radical (unpaired) electrons. The van der Waals surface area contributed by atoms with Crippen molar-refractivity contribution >= 4 is 5.91 Å². The maximum absolute atomic E-state index is 12.1. The summed E-state index contributed by atoms with van der Waals surface area (Å²) in [5.41, 5.74) is 0. The highest BCUT2D eigenvalue weighted by Gasteiger charge is 2.25. The highest BCUT2D eigenvalue weighted by atomic mass is 16.3. The molecule has 0 aromatic rings. The molecule has 0 heterocycles. The van der Waals surface area contributed by atoms with Gasteiger partial charge >= 0.3 is 0 Å². The Morgan fingerprint density at radius 1 is 1.24 bits per heavy atom. The average molecular weight is 242 g/mol. The van der Waals surface area contributed by atoms with Crippen molar-refractivity contribution in [3.05, 3.63) is 0 Å². The molecular weight excluding hydrogens is 216 g/mol. The van der Waals surface area contributed by atoms with Crippen LogP contribution >= 0.6 is 0 Å². The second-order valence-corrected chi connectivity index (χ2v) is 5.16. The molecule has 1 aliphatic carbocycles. The summed E-state index contributed by atoms with van der Waals surface area (Å²) >= 11 is 0. The topological polar surface area (TPSA) is 43.8 Å². The number of aliphatic hydroxyl groups excluding tert-OH is 1. The third kappa shape index (κ3) is 5.04. The van der Waals surface area contributed by atoms with Gasteiger partial charge in [0.25, 0.3) is 0 Å². The number of hydrogen-bond donors (Lipinski definition) is 1. The van der Waals surface area contributed by atoms with Crippen LogP contribution in [-0.2, 0) is 4.79 Å². The SMILES string of the molecule is CN(C)CCN(C(=O)CCCO)C1CCCC1. The Balaban J connectivity index is 2.47. The van der Waals surface area contributed by atoms with Gasteiger partial charge in [0.2, 0.25) is 5.91 Å². The summed E-state index contributed by atoms with van der Waals surface area (Å²) in [6.45, 7) is 1.85. The fourth-order valence-electron chi connectivity index (χ4n) is 2.41. The molecule has 17 heavy (non-hydrogen) atoms. The van der Waals surface area contributed by atoms with Gasteiger partial charge in [0, 0.05) is 32.2 Å². The van der Waals surface area contributed by atoms with Crippen molar-refractivity contribution in [3.63, 3.8) is 0 Å². The van der Waals surface area contributed by atoms with Crippen LogP contribution in [-0.4, -0.2) is 60.6 Å². The van der Waals surface area contributed by atoms with Crippen LogP contribution in [0.25, 0.3) is 0 Å². The molecule has 4 heteroatoms. The second-order valence-electron chi connectivity index (χ2n) is 5.16. The molecule has 0 bridgehead atoms. The maximum Gasteiger partial charge on any atom is 0.222 e. The van der Waals surface area contributed by atoms with Gasteiger partial charge in [0.1, 0.15) is 0 Å². The van der Waals surface area contributed by atoms with Crippen LogP contribution in [0.15, 0.2) is 0 Å². The van der Waals surface area contributed by atoms with E-state index in [-0.39, 0.29) is 12.5 Å². The van der Waals surface area contributed by atoms with E-state index in [1.165, 1.54) is 12.8 Å². The van der Waals surface area contributed by atoms with Gasteiger partial charge in [-0.3, -0.25) is 4.79 Å². The van der Waals surface area contributed by atoms with Gasteiger partial charge in [-0.15, -0.1) is 0 Å². The fourth-order valence-corrected chi connectivity index (χ4v) is 2.41. The largest absolute Gasteiger partial charge is 0.396 e. The van der Waals surface area contributed by atoms with Crippen molar-refractivity contribution in [2.75, 3.05) is 33.8 Å². The Kier molecular flexibility index (Phi) is 6.52. The molecular formula is C13H26N2O2. The van der Waals surface area contributed by atoms with Crippen LogP contribution in [0.2, 0.25) is 0 Å². The van der Waals surface area contributed by atoms with Gasteiger partial charge in [0.05, 0.1) is 0 Å². The fraction of sp³-hybridized carbons (Fsp3) is 0.923. The molecule has 0 unspecified atom stereocenters. The Labute approximate surface area is 105 Å². The molecule has 0 spiro atoms. The van der Waals surface area contributed by atoms with E-state index in [4.69, 9.17) is 5.11 Å². The van der Waals surface area contributed by atoms with E-state index >= 15 is 0 Å². The molecule has 100 valence electrons. The van der Waals surface area contributed by atoms with Crippen molar-refractivity contribution in [3.8, 4) is 0 Å². The third-order valence-electron chi connectivity index (χ3n) is 3.42. The maximum atomic E-state index is 12.1. The summed E-state index contributed by atoms with van der Waals surface area (Å²) in [5, 5.41) is 8.80. The molecule has 0 aromatic carbocycles. The number of rotatable bonds is 7. The Bertz CT molecular complexity index is 225.